The second kappa shape index (κ2) is 4.00. The van der Waals surface area contributed by atoms with Gasteiger partial charge in [-0.3, -0.25) is 9.36 Å². The molecule has 1 N–H and O–H groups in total. The number of hydrogen-bond donors (Lipinski definition) is 1. The van der Waals surface area contributed by atoms with E-state index in [1.807, 2.05) is 49.7 Å². The van der Waals surface area contributed by atoms with Gasteiger partial charge in [0.1, 0.15) is 5.82 Å². The number of anilines is 1. The molecule has 0 saturated heterocycles. The number of rotatable bonds is 3. The van der Waals surface area contributed by atoms with Crippen LogP contribution in [0.5, 0.6) is 0 Å². The standard InChI is InChI=1S/C11H17N5/c1-8-5-13-16(4)11(8)12-6-10-7-15(3)14-9(10)2/h5,7,12H,6H2,1-4H3. The van der Waals surface area contributed by atoms with Gasteiger partial charge in [0, 0.05) is 38.0 Å². The van der Waals surface area contributed by atoms with E-state index in [-0.39, 0.29) is 0 Å². The van der Waals surface area contributed by atoms with Crippen LogP contribution in [0.1, 0.15) is 16.8 Å². The zero-order valence-electron chi connectivity index (χ0n) is 10.2. The summed E-state index contributed by atoms with van der Waals surface area (Å²) >= 11 is 0. The first-order chi connectivity index (χ1) is 7.58. The lowest BCUT2D eigenvalue weighted by molar-refractivity contribution is 0.756. The monoisotopic (exact) mass is 219 g/mol. The highest BCUT2D eigenvalue weighted by Gasteiger charge is 2.06. The lowest BCUT2D eigenvalue weighted by Crippen LogP contribution is -2.05. The first-order valence-corrected chi connectivity index (χ1v) is 5.29. The van der Waals surface area contributed by atoms with Crippen molar-refractivity contribution < 1.29 is 0 Å². The van der Waals surface area contributed by atoms with E-state index in [1.54, 1.807) is 0 Å². The molecule has 5 heteroatoms. The summed E-state index contributed by atoms with van der Waals surface area (Å²) in [6.45, 7) is 4.85. The highest BCUT2D eigenvalue weighted by atomic mass is 15.3. The molecule has 2 heterocycles. The highest BCUT2D eigenvalue weighted by molar-refractivity contribution is 5.43. The van der Waals surface area contributed by atoms with E-state index in [2.05, 4.69) is 15.5 Å². The van der Waals surface area contributed by atoms with Crippen molar-refractivity contribution in [3.63, 3.8) is 0 Å². The molecule has 86 valence electrons. The molecule has 0 unspecified atom stereocenters. The maximum Gasteiger partial charge on any atom is 0.127 e. The van der Waals surface area contributed by atoms with Crippen molar-refractivity contribution in [3.05, 3.63) is 29.2 Å². The molecule has 0 bridgehead atoms. The molecule has 16 heavy (non-hydrogen) atoms. The minimum absolute atomic E-state index is 0.778. The Balaban J connectivity index is 2.11. The van der Waals surface area contributed by atoms with Crippen molar-refractivity contribution in [2.24, 2.45) is 14.1 Å². The minimum atomic E-state index is 0.778. The summed E-state index contributed by atoms with van der Waals surface area (Å²) in [5.74, 6) is 1.06. The van der Waals surface area contributed by atoms with Gasteiger partial charge < -0.3 is 5.32 Å². The van der Waals surface area contributed by atoms with Gasteiger partial charge in [-0.05, 0) is 13.8 Å². The van der Waals surface area contributed by atoms with E-state index < -0.39 is 0 Å². The number of nitrogens with one attached hydrogen (secondary N) is 1. The summed E-state index contributed by atoms with van der Waals surface area (Å²) in [4.78, 5) is 0. The maximum atomic E-state index is 4.31. The van der Waals surface area contributed by atoms with Crippen LogP contribution in [-0.4, -0.2) is 19.6 Å². The molecule has 2 aromatic rings. The summed E-state index contributed by atoms with van der Waals surface area (Å²) in [6.07, 6.45) is 3.90. The summed E-state index contributed by atoms with van der Waals surface area (Å²) < 4.78 is 3.68. The van der Waals surface area contributed by atoms with Gasteiger partial charge >= 0.3 is 0 Å². The van der Waals surface area contributed by atoms with Gasteiger partial charge in [-0.1, -0.05) is 0 Å². The zero-order chi connectivity index (χ0) is 11.7. The number of nitrogens with zero attached hydrogens (tertiary/aromatic N) is 4. The molecule has 0 aliphatic heterocycles. The van der Waals surface area contributed by atoms with Crippen LogP contribution in [0, 0.1) is 13.8 Å². The molecule has 0 spiro atoms. The van der Waals surface area contributed by atoms with Crippen LogP contribution in [0.3, 0.4) is 0 Å². The van der Waals surface area contributed by atoms with Crippen LogP contribution in [0.4, 0.5) is 5.82 Å². The van der Waals surface area contributed by atoms with Crippen LogP contribution in [0.15, 0.2) is 12.4 Å². The van der Waals surface area contributed by atoms with Gasteiger partial charge in [0.05, 0.1) is 11.9 Å². The van der Waals surface area contributed by atoms with Crippen molar-refractivity contribution in [2.45, 2.75) is 20.4 Å². The minimum Gasteiger partial charge on any atom is -0.366 e. The van der Waals surface area contributed by atoms with E-state index in [9.17, 15) is 0 Å². The Morgan fingerprint density at radius 1 is 1.31 bits per heavy atom. The van der Waals surface area contributed by atoms with E-state index in [0.29, 0.717) is 0 Å². The van der Waals surface area contributed by atoms with Crippen molar-refractivity contribution >= 4 is 5.82 Å². The van der Waals surface area contributed by atoms with Gasteiger partial charge in [-0.25, -0.2) is 0 Å². The van der Waals surface area contributed by atoms with E-state index in [0.717, 1.165) is 23.6 Å². The fourth-order valence-electron chi connectivity index (χ4n) is 1.80. The van der Waals surface area contributed by atoms with E-state index >= 15 is 0 Å². The van der Waals surface area contributed by atoms with E-state index in [4.69, 9.17) is 0 Å². The van der Waals surface area contributed by atoms with Gasteiger partial charge in [0.2, 0.25) is 0 Å². The second-order valence-electron chi connectivity index (χ2n) is 4.07. The zero-order valence-corrected chi connectivity index (χ0v) is 10.2. The Morgan fingerprint density at radius 3 is 2.56 bits per heavy atom. The fourth-order valence-corrected chi connectivity index (χ4v) is 1.80. The second-order valence-corrected chi connectivity index (χ2v) is 4.07. The number of hydrogen-bond acceptors (Lipinski definition) is 3. The van der Waals surface area contributed by atoms with E-state index in [1.165, 1.54) is 5.56 Å². The fraction of sp³-hybridized carbons (Fsp3) is 0.455. The number of aryl methyl sites for hydroxylation is 4. The van der Waals surface area contributed by atoms with Crippen LogP contribution < -0.4 is 5.32 Å². The molecule has 0 saturated carbocycles. The van der Waals surface area contributed by atoms with Crippen molar-refractivity contribution in [1.29, 1.82) is 0 Å². The lowest BCUT2D eigenvalue weighted by Gasteiger charge is -2.06. The van der Waals surface area contributed by atoms with Gasteiger partial charge in [-0.15, -0.1) is 0 Å². The average Bonchev–Trinajstić information content (AvgIpc) is 2.69. The number of aromatic nitrogens is 4. The molecular weight excluding hydrogens is 202 g/mol. The third-order valence-electron chi connectivity index (χ3n) is 2.68. The first-order valence-electron chi connectivity index (χ1n) is 5.29. The molecule has 2 rings (SSSR count). The summed E-state index contributed by atoms with van der Waals surface area (Å²) in [6, 6.07) is 0. The average molecular weight is 219 g/mol. The van der Waals surface area contributed by atoms with Gasteiger partial charge in [0.15, 0.2) is 0 Å². The van der Waals surface area contributed by atoms with Crippen molar-refractivity contribution in [3.8, 4) is 0 Å². The Morgan fingerprint density at radius 2 is 2.06 bits per heavy atom. The molecule has 2 aromatic heterocycles. The van der Waals surface area contributed by atoms with Crippen LogP contribution >= 0.6 is 0 Å². The molecule has 0 aromatic carbocycles. The quantitative estimate of drug-likeness (QED) is 0.848. The third-order valence-corrected chi connectivity index (χ3v) is 2.68. The molecule has 0 atom stereocenters. The van der Waals surface area contributed by atoms with Crippen LogP contribution in [0.25, 0.3) is 0 Å². The lowest BCUT2D eigenvalue weighted by atomic mass is 10.2. The molecule has 5 nitrogen and oxygen atoms in total. The van der Waals surface area contributed by atoms with Gasteiger partial charge in [-0.2, -0.15) is 10.2 Å². The predicted molar refractivity (Wildman–Crippen MR) is 63.2 cm³/mol. The molecule has 0 radical (unpaired) electrons. The Labute approximate surface area is 95.1 Å². The Kier molecular flexibility index (Phi) is 2.68. The Bertz CT molecular complexity index is 475. The normalized spacial score (nSPS) is 10.8. The third kappa shape index (κ3) is 1.93. The molecular formula is C11H17N5. The SMILES string of the molecule is Cc1cnn(C)c1NCc1cn(C)nc1C. The molecule has 0 amide bonds. The topological polar surface area (TPSA) is 47.7 Å². The van der Waals surface area contributed by atoms with Crippen molar-refractivity contribution in [1.82, 2.24) is 19.6 Å². The first kappa shape index (κ1) is 10.7. The largest absolute Gasteiger partial charge is 0.366 e. The summed E-state index contributed by atoms with van der Waals surface area (Å²) in [7, 11) is 3.87. The molecule has 0 fully saturated rings. The maximum absolute atomic E-state index is 4.31. The highest BCUT2D eigenvalue weighted by Crippen LogP contribution is 2.14. The summed E-state index contributed by atoms with van der Waals surface area (Å²) in [5.41, 5.74) is 3.43. The van der Waals surface area contributed by atoms with Crippen LogP contribution in [0.2, 0.25) is 0 Å². The summed E-state index contributed by atoms with van der Waals surface area (Å²) in [5, 5.41) is 11.9. The molecule has 0 aliphatic carbocycles. The Hall–Kier alpha value is -1.78. The van der Waals surface area contributed by atoms with Crippen LogP contribution in [-0.2, 0) is 20.6 Å². The predicted octanol–water partition coefficient (Wildman–Crippen LogP) is 1.38. The smallest absolute Gasteiger partial charge is 0.127 e. The van der Waals surface area contributed by atoms with Crippen molar-refractivity contribution in [2.75, 3.05) is 5.32 Å². The molecule has 0 aliphatic rings. The van der Waals surface area contributed by atoms with Gasteiger partial charge in [0.25, 0.3) is 0 Å².